The first-order valence-corrected chi connectivity index (χ1v) is 7.14. The first-order chi connectivity index (χ1) is 7.81. The maximum absolute atomic E-state index is 6.28. The monoisotopic (exact) mass is 225 g/mol. The third kappa shape index (κ3) is 3.21. The lowest BCUT2D eigenvalue weighted by atomic mass is 9.85. The maximum Gasteiger partial charge on any atom is 0.0594 e. The molecular weight excluding hydrogens is 198 g/mol. The van der Waals surface area contributed by atoms with E-state index in [-0.39, 0.29) is 0 Å². The summed E-state index contributed by atoms with van der Waals surface area (Å²) in [4.78, 5) is 0. The summed E-state index contributed by atoms with van der Waals surface area (Å²) in [5, 5.41) is 3.37. The molecule has 2 nitrogen and oxygen atoms in total. The van der Waals surface area contributed by atoms with Gasteiger partial charge in [-0.05, 0) is 45.1 Å². The largest absolute Gasteiger partial charge is 0.375 e. The zero-order chi connectivity index (χ0) is 11.4. The first kappa shape index (κ1) is 12.4. The Kier molecular flexibility index (Phi) is 4.66. The van der Waals surface area contributed by atoms with Gasteiger partial charge in [0.2, 0.25) is 0 Å². The average Bonchev–Trinajstić information content (AvgIpc) is 2.77. The van der Waals surface area contributed by atoms with Crippen LogP contribution < -0.4 is 5.32 Å². The van der Waals surface area contributed by atoms with Crippen LogP contribution in [-0.2, 0) is 4.74 Å². The minimum absolute atomic E-state index is 0.540. The minimum atomic E-state index is 0.540. The van der Waals surface area contributed by atoms with Crippen molar-refractivity contribution in [3.63, 3.8) is 0 Å². The number of rotatable bonds is 4. The van der Waals surface area contributed by atoms with Crippen LogP contribution in [0, 0.1) is 5.92 Å². The molecule has 0 amide bonds. The quantitative estimate of drug-likeness (QED) is 0.794. The Hall–Kier alpha value is -0.0800. The van der Waals surface area contributed by atoms with Crippen LogP contribution in [0.15, 0.2) is 0 Å². The van der Waals surface area contributed by atoms with Crippen molar-refractivity contribution in [1.29, 1.82) is 0 Å². The molecule has 2 fully saturated rings. The molecule has 94 valence electrons. The van der Waals surface area contributed by atoms with E-state index in [0.29, 0.717) is 18.2 Å². The molecule has 0 heterocycles. The fourth-order valence-electron chi connectivity index (χ4n) is 3.33. The van der Waals surface area contributed by atoms with Crippen LogP contribution in [0.25, 0.3) is 0 Å². The molecule has 0 aromatic rings. The molecule has 4 unspecified atom stereocenters. The van der Waals surface area contributed by atoms with E-state index in [1.165, 1.54) is 51.4 Å². The molecule has 16 heavy (non-hydrogen) atoms. The Morgan fingerprint density at radius 3 is 2.56 bits per heavy atom. The number of nitrogens with one attached hydrogen (secondary N) is 1. The normalized spacial score (nSPS) is 40.1. The summed E-state index contributed by atoms with van der Waals surface area (Å²) in [5.41, 5.74) is 0. The summed E-state index contributed by atoms with van der Waals surface area (Å²) in [6.07, 6.45) is 11.7. The molecule has 0 radical (unpaired) electrons. The Morgan fingerprint density at radius 2 is 1.88 bits per heavy atom. The number of hydrogen-bond donors (Lipinski definition) is 1. The molecule has 0 aromatic carbocycles. The molecule has 2 aliphatic carbocycles. The predicted octanol–water partition coefficient (Wildman–Crippen LogP) is 3.11. The van der Waals surface area contributed by atoms with Gasteiger partial charge in [-0.25, -0.2) is 0 Å². The Morgan fingerprint density at radius 1 is 1.06 bits per heavy atom. The molecule has 0 spiro atoms. The third-order valence-corrected chi connectivity index (χ3v) is 4.49. The highest BCUT2D eigenvalue weighted by Crippen LogP contribution is 2.32. The summed E-state index contributed by atoms with van der Waals surface area (Å²) < 4.78 is 6.28. The van der Waals surface area contributed by atoms with Gasteiger partial charge in [0, 0.05) is 6.04 Å². The lowest BCUT2D eigenvalue weighted by molar-refractivity contribution is -0.0378. The highest BCUT2D eigenvalue weighted by Gasteiger charge is 2.28. The topological polar surface area (TPSA) is 21.3 Å². The zero-order valence-electron chi connectivity index (χ0n) is 10.9. The predicted molar refractivity (Wildman–Crippen MR) is 67.6 cm³/mol. The van der Waals surface area contributed by atoms with Crippen LogP contribution in [0.4, 0.5) is 0 Å². The van der Waals surface area contributed by atoms with Gasteiger partial charge in [0.15, 0.2) is 0 Å². The van der Waals surface area contributed by atoms with Crippen LogP contribution >= 0.6 is 0 Å². The summed E-state index contributed by atoms with van der Waals surface area (Å²) in [7, 11) is 2.07. The van der Waals surface area contributed by atoms with Crippen molar-refractivity contribution >= 4 is 0 Å². The van der Waals surface area contributed by atoms with Crippen molar-refractivity contribution in [2.45, 2.75) is 76.5 Å². The van der Waals surface area contributed by atoms with Gasteiger partial charge in [0.05, 0.1) is 12.2 Å². The molecular formula is C14H27NO. The number of ether oxygens (including phenoxy) is 1. The standard InChI is InChI=1S/C14H27NO/c1-3-11-5-4-6-13(9-11)16-14-8-7-12(10-14)15-2/h11-15H,3-10H2,1-2H3. The van der Waals surface area contributed by atoms with Gasteiger partial charge < -0.3 is 10.1 Å². The molecule has 0 aromatic heterocycles. The van der Waals surface area contributed by atoms with E-state index < -0.39 is 0 Å². The summed E-state index contributed by atoms with van der Waals surface area (Å²) >= 11 is 0. The van der Waals surface area contributed by atoms with Gasteiger partial charge in [0.1, 0.15) is 0 Å². The molecule has 0 bridgehead atoms. The lowest BCUT2D eigenvalue weighted by Gasteiger charge is -2.30. The highest BCUT2D eigenvalue weighted by molar-refractivity contribution is 4.82. The van der Waals surface area contributed by atoms with Gasteiger partial charge in [-0.15, -0.1) is 0 Å². The average molecular weight is 225 g/mol. The van der Waals surface area contributed by atoms with Gasteiger partial charge in [-0.3, -0.25) is 0 Å². The summed E-state index contributed by atoms with van der Waals surface area (Å²) in [5.74, 6) is 0.931. The van der Waals surface area contributed by atoms with Gasteiger partial charge in [-0.1, -0.05) is 26.2 Å². The van der Waals surface area contributed by atoms with Crippen molar-refractivity contribution in [2.75, 3.05) is 7.05 Å². The number of hydrogen-bond acceptors (Lipinski definition) is 2. The fourth-order valence-corrected chi connectivity index (χ4v) is 3.33. The van der Waals surface area contributed by atoms with Crippen LogP contribution in [0.5, 0.6) is 0 Å². The minimum Gasteiger partial charge on any atom is -0.375 e. The zero-order valence-corrected chi connectivity index (χ0v) is 10.9. The molecule has 2 aliphatic rings. The molecule has 0 saturated heterocycles. The van der Waals surface area contributed by atoms with E-state index in [1.54, 1.807) is 0 Å². The first-order valence-electron chi connectivity index (χ1n) is 7.14. The van der Waals surface area contributed by atoms with Crippen molar-refractivity contribution in [1.82, 2.24) is 5.32 Å². The van der Waals surface area contributed by atoms with E-state index in [9.17, 15) is 0 Å². The van der Waals surface area contributed by atoms with Crippen molar-refractivity contribution in [2.24, 2.45) is 5.92 Å². The summed E-state index contributed by atoms with van der Waals surface area (Å²) in [6.45, 7) is 2.32. The third-order valence-electron chi connectivity index (χ3n) is 4.49. The second-order valence-electron chi connectivity index (χ2n) is 5.62. The Balaban J connectivity index is 1.73. The van der Waals surface area contributed by atoms with E-state index in [2.05, 4.69) is 19.3 Å². The van der Waals surface area contributed by atoms with Gasteiger partial charge >= 0.3 is 0 Å². The second-order valence-corrected chi connectivity index (χ2v) is 5.62. The van der Waals surface area contributed by atoms with E-state index in [4.69, 9.17) is 4.74 Å². The van der Waals surface area contributed by atoms with Crippen LogP contribution in [0.1, 0.15) is 58.3 Å². The molecule has 4 atom stereocenters. The van der Waals surface area contributed by atoms with Crippen molar-refractivity contribution in [3.8, 4) is 0 Å². The van der Waals surface area contributed by atoms with E-state index in [0.717, 1.165) is 5.92 Å². The van der Waals surface area contributed by atoms with E-state index >= 15 is 0 Å². The fraction of sp³-hybridized carbons (Fsp3) is 1.00. The molecule has 2 saturated carbocycles. The van der Waals surface area contributed by atoms with Crippen LogP contribution in [0.2, 0.25) is 0 Å². The molecule has 0 aliphatic heterocycles. The summed E-state index contributed by atoms with van der Waals surface area (Å²) in [6, 6.07) is 0.704. The molecule has 2 heteroatoms. The van der Waals surface area contributed by atoms with Crippen LogP contribution in [-0.4, -0.2) is 25.3 Å². The van der Waals surface area contributed by atoms with Gasteiger partial charge in [-0.2, -0.15) is 0 Å². The Bertz CT molecular complexity index is 207. The SMILES string of the molecule is CCC1CCCC(OC2CCC(NC)C2)C1. The van der Waals surface area contributed by atoms with Crippen molar-refractivity contribution in [3.05, 3.63) is 0 Å². The lowest BCUT2D eigenvalue weighted by Crippen LogP contribution is -2.28. The van der Waals surface area contributed by atoms with Crippen molar-refractivity contribution < 1.29 is 4.74 Å². The molecule has 2 rings (SSSR count). The van der Waals surface area contributed by atoms with E-state index in [1.807, 2.05) is 0 Å². The smallest absolute Gasteiger partial charge is 0.0594 e. The van der Waals surface area contributed by atoms with Crippen LogP contribution in [0.3, 0.4) is 0 Å². The second kappa shape index (κ2) is 6.02. The molecule has 1 N–H and O–H groups in total. The highest BCUT2D eigenvalue weighted by atomic mass is 16.5. The Labute approximate surface area is 100 Å². The maximum atomic E-state index is 6.28. The van der Waals surface area contributed by atoms with Gasteiger partial charge in [0.25, 0.3) is 0 Å².